The highest BCUT2D eigenvalue weighted by molar-refractivity contribution is 7.91. The van der Waals surface area contributed by atoms with Crippen LogP contribution in [0.2, 0.25) is 0 Å². The fourth-order valence-corrected chi connectivity index (χ4v) is 3.91. The summed E-state index contributed by atoms with van der Waals surface area (Å²) in [4.78, 5) is 13.2. The van der Waals surface area contributed by atoms with Crippen molar-refractivity contribution in [1.29, 1.82) is 4.78 Å². The van der Waals surface area contributed by atoms with Crippen molar-refractivity contribution >= 4 is 21.3 Å². The average molecular weight is 478 g/mol. The number of aromatic nitrogens is 2. The first kappa shape index (κ1) is 24.2. The number of nitrogens with one attached hydrogen (secondary N) is 2. The zero-order chi connectivity index (χ0) is 24.6. The molecule has 33 heavy (non-hydrogen) atoms. The number of benzene rings is 2. The first-order valence-electron chi connectivity index (χ1n) is 9.61. The molecule has 0 aliphatic carbocycles. The summed E-state index contributed by atoms with van der Waals surface area (Å²) in [5, 5.41) is 9.27. The second kappa shape index (κ2) is 8.81. The van der Waals surface area contributed by atoms with Crippen LogP contribution >= 0.6 is 0 Å². The molecule has 2 N–H and O–H groups in total. The molecule has 1 aromatic heterocycles. The van der Waals surface area contributed by atoms with Gasteiger partial charge < -0.3 is 10.1 Å². The zero-order valence-electron chi connectivity index (χ0n) is 18.2. The van der Waals surface area contributed by atoms with E-state index in [0.29, 0.717) is 0 Å². The average Bonchev–Trinajstić information content (AvgIpc) is 2.65. The Morgan fingerprint density at radius 3 is 2.27 bits per heavy atom. The van der Waals surface area contributed by atoms with Gasteiger partial charge in [-0.05, 0) is 67.8 Å². The van der Waals surface area contributed by atoms with E-state index in [1.165, 1.54) is 30.5 Å². The highest BCUT2D eigenvalue weighted by Gasteiger charge is 2.38. The second-order valence-electron chi connectivity index (χ2n) is 7.60. The van der Waals surface area contributed by atoms with Gasteiger partial charge in [-0.25, -0.2) is 8.99 Å². The van der Waals surface area contributed by atoms with Crippen molar-refractivity contribution < 1.29 is 26.9 Å². The molecule has 3 rings (SSSR count). The van der Waals surface area contributed by atoms with Crippen molar-refractivity contribution in [2.45, 2.75) is 31.8 Å². The number of hydrogen-bond acceptors (Lipinski definition) is 6. The molecule has 0 fully saturated rings. The molecule has 11 heteroatoms. The van der Waals surface area contributed by atoms with Gasteiger partial charge in [0.05, 0.1) is 9.73 Å². The van der Waals surface area contributed by atoms with Crippen molar-refractivity contribution in [3.8, 4) is 11.6 Å². The molecule has 174 valence electrons. The normalized spacial score (nSPS) is 13.3. The zero-order valence-corrected chi connectivity index (χ0v) is 19.0. The Bertz CT molecular complexity index is 1320. The minimum Gasteiger partial charge on any atom is -0.437 e. The molecule has 1 heterocycles. The van der Waals surface area contributed by atoms with Gasteiger partial charge >= 0.3 is 6.18 Å². The quantitative estimate of drug-likeness (QED) is 0.504. The monoisotopic (exact) mass is 478 g/mol. The standard InChI is InChI=1S/C22H21F3N4O3S/c1-12-8-13(2)10-16(9-12)32-21-18(14(3)19(28-29-21)22(23,24)25)20(30)27-15-6-5-7-17(11-15)33(4,26)31/h5-11,26H,1-4H3,(H,27,30). The van der Waals surface area contributed by atoms with Crippen LogP contribution in [0.5, 0.6) is 11.6 Å². The van der Waals surface area contributed by atoms with Crippen molar-refractivity contribution in [3.05, 3.63) is 70.4 Å². The minimum atomic E-state index is -4.83. The number of hydrogen-bond donors (Lipinski definition) is 2. The number of carbonyl (C=O) groups is 1. The molecule has 0 aliphatic rings. The highest BCUT2D eigenvalue weighted by Crippen LogP contribution is 2.35. The lowest BCUT2D eigenvalue weighted by atomic mass is 10.1. The number of nitrogens with zero attached hydrogens (tertiary/aromatic N) is 2. The smallest absolute Gasteiger partial charge is 0.435 e. The number of alkyl halides is 3. The van der Waals surface area contributed by atoms with Crippen LogP contribution in [0.25, 0.3) is 0 Å². The number of halogens is 3. The van der Waals surface area contributed by atoms with E-state index in [1.54, 1.807) is 12.1 Å². The van der Waals surface area contributed by atoms with Gasteiger partial charge in [-0.2, -0.15) is 13.2 Å². The Morgan fingerprint density at radius 2 is 1.70 bits per heavy atom. The largest absolute Gasteiger partial charge is 0.437 e. The first-order valence-corrected chi connectivity index (χ1v) is 11.6. The fraction of sp³-hybridized carbons (Fsp3) is 0.227. The van der Waals surface area contributed by atoms with Crippen LogP contribution in [0.4, 0.5) is 18.9 Å². The molecule has 3 aromatic rings. The Hall–Kier alpha value is -3.47. The van der Waals surface area contributed by atoms with E-state index in [4.69, 9.17) is 9.52 Å². The Balaban J connectivity index is 2.08. The summed E-state index contributed by atoms with van der Waals surface area (Å²) >= 11 is 0. The third kappa shape index (κ3) is 5.67. The van der Waals surface area contributed by atoms with E-state index in [0.717, 1.165) is 18.1 Å². The minimum absolute atomic E-state index is 0.154. The van der Waals surface area contributed by atoms with Crippen molar-refractivity contribution in [2.75, 3.05) is 11.6 Å². The highest BCUT2D eigenvalue weighted by atomic mass is 32.2. The van der Waals surface area contributed by atoms with Crippen molar-refractivity contribution in [3.63, 3.8) is 0 Å². The third-order valence-corrected chi connectivity index (χ3v) is 5.79. The van der Waals surface area contributed by atoms with Crippen molar-refractivity contribution in [1.82, 2.24) is 10.2 Å². The van der Waals surface area contributed by atoms with E-state index in [9.17, 15) is 22.2 Å². The van der Waals surface area contributed by atoms with E-state index >= 15 is 0 Å². The summed E-state index contributed by atoms with van der Waals surface area (Å²) in [5.74, 6) is -1.02. The maximum absolute atomic E-state index is 13.4. The Kier molecular flexibility index (Phi) is 6.46. The number of aryl methyl sites for hydroxylation is 2. The molecule has 0 spiro atoms. The summed E-state index contributed by atoms with van der Waals surface area (Å²) in [7, 11) is -3.06. The summed E-state index contributed by atoms with van der Waals surface area (Å²) < 4.78 is 65.7. The SMILES string of the molecule is Cc1cc(C)cc(Oc2nnc(C(F)(F)F)c(C)c2C(=O)Nc2cccc(S(C)(=N)=O)c2)c1. The summed E-state index contributed by atoms with van der Waals surface area (Å²) in [6.45, 7) is 4.75. The number of ether oxygens (including phenoxy) is 1. The molecule has 0 saturated carbocycles. The molecular weight excluding hydrogens is 457 g/mol. The first-order chi connectivity index (χ1) is 15.3. The third-order valence-electron chi connectivity index (χ3n) is 4.63. The Labute approximate surface area is 189 Å². The molecule has 0 aliphatic heterocycles. The van der Waals surface area contributed by atoms with Gasteiger partial charge in [0.25, 0.3) is 11.8 Å². The second-order valence-corrected chi connectivity index (χ2v) is 9.76. The molecule has 1 unspecified atom stereocenters. The summed E-state index contributed by atoms with van der Waals surface area (Å²) in [6, 6.07) is 10.9. The van der Waals surface area contributed by atoms with E-state index in [1.807, 2.05) is 19.9 Å². The van der Waals surface area contributed by atoms with Gasteiger partial charge in [0, 0.05) is 16.8 Å². The predicted molar refractivity (Wildman–Crippen MR) is 117 cm³/mol. The van der Waals surface area contributed by atoms with E-state index in [-0.39, 0.29) is 22.2 Å². The van der Waals surface area contributed by atoms with E-state index < -0.39 is 38.6 Å². The molecule has 1 atom stereocenters. The molecule has 0 radical (unpaired) electrons. The topological polar surface area (TPSA) is 105 Å². The van der Waals surface area contributed by atoms with Gasteiger partial charge in [-0.3, -0.25) is 4.79 Å². The maximum atomic E-state index is 13.4. The molecular formula is C22H21F3N4O3S. The van der Waals surface area contributed by atoms with Crippen LogP contribution in [0.15, 0.2) is 47.4 Å². The van der Waals surface area contributed by atoms with Gasteiger partial charge in [0.1, 0.15) is 11.3 Å². The van der Waals surface area contributed by atoms with Crippen LogP contribution in [-0.4, -0.2) is 26.6 Å². The van der Waals surface area contributed by atoms with Gasteiger partial charge in [-0.15, -0.1) is 10.2 Å². The van der Waals surface area contributed by atoms with Crippen LogP contribution in [-0.2, 0) is 15.9 Å². The lowest BCUT2D eigenvalue weighted by Gasteiger charge is -2.16. The van der Waals surface area contributed by atoms with Gasteiger partial charge in [0.15, 0.2) is 5.69 Å². The number of amides is 1. The number of anilines is 1. The molecule has 1 amide bonds. The van der Waals surface area contributed by atoms with E-state index in [2.05, 4.69) is 15.5 Å². The van der Waals surface area contributed by atoms with Gasteiger partial charge in [0.2, 0.25) is 0 Å². The molecule has 2 aromatic carbocycles. The molecule has 7 nitrogen and oxygen atoms in total. The number of carbonyl (C=O) groups excluding carboxylic acids is 1. The predicted octanol–water partition coefficient (Wildman–Crippen LogP) is 5.50. The van der Waals surface area contributed by atoms with Crippen LogP contribution in [0.1, 0.15) is 32.7 Å². The Morgan fingerprint density at radius 1 is 1.06 bits per heavy atom. The summed E-state index contributed by atoms with van der Waals surface area (Å²) in [5.41, 5.74) is -0.348. The van der Waals surface area contributed by atoms with Crippen molar-refractivity contribution in [2.24, 2.45) is 0 Å². The van der Waals surface area contributed by atoms with Crippen LogP contribution in [0.3, 0.4) is 0 Å². The summed E-state index contributed by atoms with van der Waals surface area (Å²) in [6.07, 6.45) is -3.61. The molecule has 0 bridgehead atoms. The van der Waals surface area contributed by atoms with Crippen LogP contribution < -0.4 is 10.1 Å². The van der Waals surface area contributed by atoms with Crippen LogP contribution in [0, 0.1) is 25.6 Å². The fourth-order valence-electron chi connectivity index (χ4n) is 3.22. The van der Waals surface area contributed by atoms with Gasteiger partial charge in [-0.1, -0.05) is 12.1 Å². The molecule has 0 saturated heterocycles. The number of rotatable bonds is 5. The maximum Gasteiger partial charge on any atom is 0.435 e. The lowest BCUT2D eigenvalue weighted by Crippen LogP contribution is -2.21. The lowest BCUT2D eigenvalue weighted by molar-refractivity contribution is -0.142.